The van der Waals surface area contributed by atoms with Gasteiger partial charge in [-0.25, -0.2) is 0 Å². The fourth-order valence-corrected chi connectivity index (χ4v) is 6.17. The summed E-state index contributed by atoms with van der Waals surface area (Å²) in [5.41, 5.74) is 7.42. The molecule has 0 spiro atoms. The van der Waals surface area contributed by atoms with Gasteiger partial charge >= 0.3 is 0 Å². The summed E-state index contributed by atoms with van der Waals surface area (Å²) >= 11 is 0. The van der Waals surface area contributed by atoms with Gasteiger partial charge in [0.05, 0.1) is 8.07 Å². The minimum Gasteiger partial charge on any atom is -0.397 e. The van der Waals surface area contributed by atoms with E-state index in [9.17, 15) is 5.11 Å². The third-order valence-corrected chi connectivity index (χ3v) is 8.27. The van der Waals surface area contributed by atoms with Gasteiger partial charge in [0.2, 0.25) is 0 Å². The zero-order valence-electron chi connectivity index (χ0n) is 13.2. The summed E-state index contributed by atoms with van der Waals surface area (Å²) in [5, 5.41) is 10.9. The van der Waals surface area contributed by atoms with E-state index < -0.39 is 8.07 Å². The highest BCUT2D eigenvalue weighted by atomic mass is 28.3. The summed E-state index contributed by atoms with van der Waals surface area (Å²) < 4.78 is 0. The highest BCUT2D eigenvalue weighted by Gasteiger charge is 2.31. The van der Waals surface area contributed by atoms with E-state index in [4.69, 9.17) is 0 Å². The number of fused-ring (bicyclic) bond motifs is 1. The molecule has 0 heterocycles. The minimum atomic E-state index is -1.54. The van der Waals surface area contributed by atoms with Gasteiger partial charge in [-0.15, -0.1) is 0 Å². The van der Waals surface area contributed by atoms with Crippen molar-refractivity contribution in [2.75, 3.05) is 6.61 Å². The third-order valence-electron chi connectivity index (χ3n) is 4.87. The van der Waals surface area contributed by atoms with E-state index in [0.717, 1.165) is 18.9 Å². The van der Waals surface area contributed by atoms with Crippen LogP contribution in [-0.4, -0.2) is 19.8 Å². The van der Waals surface area contributed by atoms with E-state index in [0.29, 0.717) is 6.61 Å². The van der Waals surface area contributed by atoms with E-state index in [1.807, 2.05) is 0 Å². The van der Waals surface area contributed by atoms with Crippen LogP contribution < -0.4 is 0 Å². The van der Waals surface area contributed by atoms with E-state index in [-0.39, 0.29) is 0 Å². The maximum absolute atomic E-state index is 9.40. The average molecular weight is 296 g/mol. The summed E-state index contributed by atoms with van der Waals surface area (Å²) in [5.74, 6) is 0. The molecule has 3 rings (SSSR count). The summed E-state index contributed by atoms with van der Waals surface area (Å²) in [6, 6.07) is 9.76. The molecule has 0 atom stereocenters. The Bertz CT molecular complexity index is 662. The van der Waals surface area contributed by atoms with Gasteiger partial charge in [0.1, 0.15) is 0 Å². The van der Waals surface area contributed by atoms with Crippen molar-refractivity contribution in [3.63, 3.8) is 0 Å². The van der Waals surface area contributed by atoms with Crippen molar-refractivity contribution in [3.8, 4) is 0 Å². The Kier molecular flexibility index (Phi) is 3.76. The molecule has 0 fully saturated rings. The Morgan fingerprint density at radius 2 is 1.95 bits per heavy atom. The number of benzene rings is 1. The molecule has 0 unspecified atom stereocenters. The van der Waals surface area contributed by atoms with Crippen LogP contribution in [0.5, 0.6) is 0 Å². The molecule has 1 nitrogen and oxygen atoms in total. The van der Waals surface area contributed by atoms with Crippen LogP contribution in [0.25, 0.3) is 5.57 Å². The molecular formula is C19H24OSi. The van der Waals surface area contributed by atoms with Crippen molar-refractivity contribution in [1.82, 2.24) is 0 Å². The molecular weight excluding hydrogens is 272 g/mol. The van der Waals surface area contributed by atoms with Crippen molar-refractivity contribution < 1.29 is 5.11 Å². The second-order valence-corrected chi connectivity index (χ2v) is 11.7. The number of aliphatic hydroxyl groups excluding tert-OH is 1. The Balaban J connectivity index is 2.10. The first-order chi connectivity index (χ1) is 10.0. The quantitative estimate of drug-likeness (QED) is 0.810. The monoisotopic (exact) mass is 296 g/mol. The lowest BCUT2D eigenvalue weighted by Gasteiger charge is -2.25. The van der Waals surface area contributed by atoms with Gasteiger partial charge in [0.25, 0.3) is 0 Å². The molecule has 0 aliphatic heterocycles. The van der Waals surface area contributed by atoms with Gasteiger partial charge in [0.15, 0.2) is 0 Å². The fourth-order valence-electron chi connectivity index (χ4n) is 3.73. The topological polar surface area (TPSA) is 20.2 Å². The number of rotatable bonds is 4. The molecule has 110 valence electrons. The first kappa shape index (κ1) is 14.5. The number of aliphatic hydroxyl groups is 1. The molecule has 0 saturated heterocycles. The number of allylic oxidation sites excluding steroid dienone is 6. The SMILES string of the molecule is CC1=C(C2=C([Si](C)(C)CCO)C=CC2)c2ccccc2C1. The lowest BCUT2D eigenvalue weighted by Crippen LogP contribution is -2.30. The first-order valence-corrected chi connectivity index (χ1v) is 11.0. The van der Waals surface area contributed by atoms with Gasteiger partial charge < -0.3 is 5.11 Å². The Morgan fingerprint density at radius 1 is 1.19 bits per heavy atom. The Labute approximate surface area is 128 Å². The average Bonchev–Trinajstić information content (AvgIpc) is 3.01. The molecule has 0 saturated carbocycles. The Hall–Kier alpha value is -1.38. The number of hydrogen-bond acceptors (Lipinski definition) is 1. The van der Waals surface area contributed by atoms with Crippen LogP contribution in [0.15, 0.2) is 52.8 Å². The van der Waals surface area contributed by atoms with Gasteiger partial charge in [-0.05, 0) is 48.1 Å². The Morgan fingerprint density at radius 3 is 2.71 bits per heavy atom. The van der Waals surface area contributed by atoms with Crippen molar-refractivity contribution in [1.29, 1.82) is 0 Å². The van der Waals surface area contributed by atoms with Crippen molar-refractivity contribution in [2.24, 2.45) is 0 Å². The molecule has 1 aromatic rings. The van der Waals surface area contributed by atoms with Crippen molar-refractivity contribution >= 4 is 13.6 Å². The first-order valence-electron chi connectivity index (χ1n) is 7.84. The van der Waals surface area contributed by atoms with Crippen LogP contribution in [0.1, 0.15) is 24.5 Å². The van der Waals surface area contributed by atoms with Gasteiger partial charge in [0, 0.05) is 6.61 Å². The summed E-state index contributed by atoms with van der Waals surface area (Å²) in [4.78, 5) is 0. The molecule has 1 aromatic carbocycles. The van der Waals surface area contributed by atoms with Crippen LogP contribution in [0.4, 0.5) is 0 Å². The van der Waals surface area contributed by atoms with E-state index in [1.165, 1.54) is 27.8 Å². The molecule has 0 amide bonds. The van der Waals surface area contributed by atoms with E-state index in [1.54, 1.807) is 5.20 Å². The van der Waals surface area contributed by atoms with Crippen LogP contribution in [-0.2, 0) is 6.42 Å². The molecule has 1 N–H and O–H groups in total. The lowest BCUT2D eigenvalue weighted by molar-refractivity contribution is 0.316. The smallest absolute Gasteiger partial charge is 0.0832 e. The zero-order valence-corrected chi connectivity index (χ0v) is 14.2. The molecule has 21 heavy (non-hydrogen) atoms. The van der Waals surface area contributed by atoms with Gasteiger partial charge in [-0.1, -0.05) is 60.3 Å². The fraction of sp³-hybridized carbons (Fsp3) is 0.368. The van der Waals surface area contributed by atoms with Crippen LogP contribution in [0, 0.1) is 0 Å². The largest absolute Gasteiger partial charge is 0.397 e. The molecule has 2 aliphatic carbocycles. The van der Waals surface area contributed by atoms with E-state index in [2.05, 4.69) is 56.4 Å². The van der Waals surface area contributed by atoms with E-state index >= 15 is 0 Å². The molecule has 0 aromatic heterocycles. The predicted octanol–water partition coefficient (Wildman–Crippen LogP) is 4.51. The summed E-state index contributed by atoms with van der Waals surface area (Å²) in [6.07, 6.45) is 6.78. The van der Waals surface area contributed by atoms with Crippen LogP contribution in [0.2, 0.25) is 19.1 Å². The van der Waals surface area contributed by atoms with Gasteiger partial charge in [-0.2, -0.15) is 0 Å². The lowest BCUT2D eigenvalue weighted by atomic mass is 9.97. The normalized spacial score (nSPS) is 17.9. The molecule has 0 radical (unpaired) electrons. The highest BCUT2D eigenvalue weighted by Crippen LogP contribution is 2.44. The highest BCUT2D eigenvalue weighted by molar-refractivity contribution is 6.85. The molecule has 0 bridgehead atoms. The second kappa shape index (κ2) is 5.43. The zero-order chi connectivity index (χ0) is 15.0. The standard InChI is InChI=1S/C19H24OSi/c1-14-13-15-7-4-5-8-16(15)19(14)17-9-6-10-18(17)21(2,3)12-11-20/h4-8,10,20H,9,11-13H2,1-3H3. The van der Waals surface area contributed by atoms with Crippen LogP contribution in [0.3, 0.4) is 0 Å². The number of hydrogen-bond donors (Lipinski definition) is 1. The summed E-state index contributed by atoms with van der Waals surface area (Å²) in [6.45, 7) is 7.34. The predicted molar refractivity (Wildman–Crippen MR) is 92.9 cm³/mol. The van der Waals surface area contributed by atoms with Gasteiger partial charge in [-0.3, -0.25) is 0 Å². The maximum atomic E-state index is 9.40. The van der Waals surface area contributed by atoms with Crippen molar-refractivity contribution in [2.45, 2.75) is 38.9 Å². The minimum absolute atomic E-state index is 0.304. The summed E-state index contributed by atoms with van der Waals surface area (Å²) in [7, 11) is -1.54. The van der Waals surface area contributed by atoms with Crippen LogP contribution >= 0.6 is 0 Å². The molecule has 2 heteroatoms. The second-order valence-electron chi connectivity index (χ2n) is 6.85. The molecule has 2 aliphatic rings. The maximum Gasteiger partial charge on any atom is 0.0832 e. The van der Waals surface area contributed by atoms with Crippen molar-refractivity contribution in [3.05, 3.63) is 63.9 Å². The third kappa shape index (κ3) is 2.47.